The fraction of sp³-hybridized carbons (Fsp3) is 0.500. The molecule has 0 bridgehead atoms. The molecule has 0 atom stereocenters. The van der Waals surface area contributed by atoms with Gasteiger partial charge in [0, 0.05) is 26.8 Å². The lowest BCUT2D eigenvalue weighted by Gasteiger charge is -2.11. The van der Waals surface area contributed by atoms with E-state index in [0.29, 0.717) is 6.42 Å². The topological polar surface area (TPSA) is 44.2 Å². The van der Waals surface area contributed by atoms with Gasteiger partial charge in [-0.1, -0.05) is 0 Å². The van der Waals surface area contributed by atoms with E-state index in [2.05, 4.69) is 10.2 Å². The molecule has 0 aliphatic carbocycles. The first-order valence-corrected chi connectivity index (χ1v) is 3.69. The van der Waals surface area contributed by atoms with E-state index < -0.39 is 0 Å². The second-order valence-electron chi connectivity index (χ2n) is 2.32. The zero-order chi connectivity index (χ0) is 8.81. The van der Waals surface area contributed by atoms with E-state index in [1.165, 1.54) is 0 Å². The Kier molecular flexibility index (Phi) is 3.63. The highest BCUT2D eigenvalue weighted by atomic mass is 16.7. The van der Waals surface area contributed by atoms with Crippen LogP contribution in [0.4, 0.5) is 0 Å². The van der Waals surface area contributed by atoms with Gasteiger partial charge in [0.15, 0.2) is 6.29 Å². The molecule has 0 amide bonds. The molecule has 0 N–H and O–H groups in total. The number of nitrogens with zero attached hydrogens (tertiary/aromatic N) is 2. The standard InChI is InChI=1S/C8H12N2O2/c1-11-8(12-2)6-7-4-3-5-9-10-7/h3-5,8H,6H2,1-2H3. The average molecular weight is 168 g/mol. The molecule has 4 nitrogen and oxygen atoms in total. The first kappa shape index (κ1) is 9.09. The summed E-state index contributed by atoms with van der Waals surface area (Å²) in [6.07, 6.45) is 2.03. The van der Waals surface area contributed by atoms with Crippen LogP contribution in [-0.2, 0) is 15.9 Å². The Hall–Kier alpha value is -1.00. The minimum atomic E-state index is -0.235. The highest BCUT2D eigenvalue weighted by molar-refractivity contribution is 4.99. The predicted molar refractivity (Wildman–Crippen MR) is 43.5 cm³/mol. The Morgan fingerprint density at radius 1 is 1.42 bits per heavy atom. The minimum absolute atomic E-state index is 0.235. The maximum Gasteiger partial charge on any atom is 0.162 e. The Morgan fingerprint density at radius 3 is 2.67 bits per heavy atom. The molecule has 0 saturated heterocycles. The maximum atomic E-state index is 5.01. The van der Waals surface area contributed by atoms with Crippen LogP contribution in [0.25, 0.3) is 0 Å². The molecule has 1 heterocycles. The zero-order valence-electron chi connectivity index (χ0n) is 7.23. The second kappa shape index (κ2) is 4.79. The molecule has 66 valence electrons. The monoisotopic (exact) mass is 168 g/mol. The van der Waals surface area contributed by atoms with Crippen LogP contribution in [-0.4, -0.2) is 30.7 Å². The largest absolute Gasteiger partial charge is 0.356 e. The highest BCUT2D eigenvalue weighted by Gasteiger charge is 2.06. The lowest BCUT2D eigenvalue weighted by atomic mass is 10.3. The quantitative estimate of drug-likeness (QED) is 0.619. The van der Waals surface area contributed by atoms with Crippen LogP contribution in [0, 0.1) is 0 Å². The summed E-state index contributed by atoms with van der Waals surface area (Å²) in [5, 5.41) is 7.65. The van der Waals surface area contributed by atoms with Crippen LogP contribution >= 0.6 is 0 Å². The summed E-state index contributed by atoms with van der Waals surface area (Å²) in [7, 11) is 3.20. The van der Waals surface area contributed by atoms with Gasteiger partial charge in [0.05, 0.1) is 5.69 Å². The van der Waals surface area contributed by atoms with Gasteiger partial charge in [0.1, 0.15) is 0 Å². The second-order valence-corrected chi connectivity index (χ2v) is 2.32. The van der Waals surface area contributed by atoms with Gasteiger partial charge in [-0.3, -0.25) is 0 Å². The minimum Gasteiger partial charge on any atom is -0.356 e. The van der Waals surface area contributed by atoms with Crippen molar-refractivity contribution in [2.24, 2.45) is 0 Å². The van der Waals surface area contributed by atoms with Crippen molar-refractivity contribution in [2.75, 3.05) is 14.2 Å². The van der Waals surface area contributed by atoms with Gasteiger partial charge in [-0.15, -0.1) is 0 Å². The third-order valence-electron chi connectivity index (χ3n) is 1.53. The SMILES string of the molecule is COC(Cc1cccnn1)OC. The van der Waals surface area contributed by atoms with Crippen molar-refractivity contribution in [3.8, 4) is 0 Å². The molecule has 0 aliphatic heterocycles. The van der Waals surface area contributed by atoms with Crippen molar-refractivity contribution in [3.05, 3.63) is 24.0 Å². The van der Waals surface area contributed by atoms with E-state index in [0.717, 1.165) is 5.69 Å². The van der Waals surface area contributed by atoms with Crippen LogP contribution < -0.4 is 0 Å². The van der Waals surface area contributed by atoms with Crippen molar-refractivity contribution < 1.29 is 9.47 Å². The van der Waals surface area contributed by atoms with Crippen LogP contribution in [0.15, 0.2) is 18.3 Å². The van der Waals surface area contributed by atoms with Crippen LogP contribution in [0.1, 0.15) is 5.69 Å². The van der Waals surface area contributed by atoms with Crippen molar-refractivity contribution in [1.29, 1.82) is 0 Å². The van der Waals surface area contributed by atoms with Crippen LogP contribution in [0.2, 0.25) is 0 Å². The molecular formula is C8H12N2O2. The summed E-state index contributed by atoms with van der Waals surface area (Å²) in [6.45, 7) is 0. The Balaban J connectivity index is 2.51. The van der Waals surface area contributed by atoms with Gasteiger partial charge in [0.25, 0.3) is 0 Å². The number of hydrogen-bond donors (Lipinski definition) is 0. The van der Waals surface area contributed by atoms with Gasteiger partial charge in [-0.05, 0) is 12.1 Å². The fourth-order valence-electron chi connectivity index (χ4n) is 0.876. The molecule has 0 unspecified atom stereocenters. The molecule has 1 aromatic rings. The lowest BCUT2D eigenvalue weighted by molar-refractivity contribution is -0.101. The van der Waals surface area contributed by atoms with E-state index in [-0.39, 0.29) is 6.29 Å². The average Bonchev–Trinajstić information content (AvgIpc) is 2.16. The predicted octanol–water partition coefficient (Wildman–Crippen LogP) is 0.638. The molecule has 4 heteroatoms. The van der Waals surface area contributed by atoms with Crippen molar-refractivity contribution >= 4 is 0 Å². The molecule has 0 fully saturated rings. The van der Waals surface area contributed by atoms with Gasteiger partial charge in [-0.25, -0.2) is 0 Å². The van der Waals surface area contributed by atoms with Gasteiger partial charge in [-0.2, -0.15) is 10.2 Å². The fourth-order valence-corrected chi connectivity index (χ4v) is 0.876. The van der Waals surface area contributed by atoms with E-state index in [1.54, 1.807) is 20.4 Å². The van der Waals surface area contributed by atoms with E-state index in [9.17, 15) is 0 Å². The van der Waals surface area contributed by atoms with Crippen molar-refractivity contribution in [1.82, 2.24) is 10.2 Å². The van der Waals surface area contributed by atoms with Gasteiger partial charge in [0.2, 0.25) is 0 Å². The molecule has 12 heavy (non-hydrogen) atoms. The summed E-state index contributed by atoms with van der Waals surface area (Å²) in [5.41, 5.74) is 0.867. The summed E-state index contributed by atoms with van der Waals surface area (Å²) < 4.78 is 10.0. The molecule has 1 rings (SSSR count). The molecular weight excluding hydrogens is 156 g/mol. The van der Waals surface area contributed by atoms with E-state index >= 15 is 0 Å². The number of methoxy groups -OCH3 is 2. The third kappa shape index (κ3) is 2.56. The Bertz CT molecular complexity index is 212. The normalized spacial score (nSPS) is 10.6. The summed E-state index contributed by atoms with van der Waals surface area (Å²) in [5.74, 6) is 0. The van der Waals surface area contributed by atoms with Crippen molar-refractivity contribution in [3.63, 3.8) is 0 Å². The number of hydrogen-bond acceptors (Lipinski definition) is 4. The van der Waals surface area contributed by atoms with Crippen molar-refractivity contribution in [2.45, 2.75) is 12.7 Å². The molecule has 0 saturated carbocycles. The first-order valence-electron chi connectivity index (χ1n) is 3.69. The molecule has 0 aliphatic rings. The Labute approximate surface area is 71.5 Å². The molecule has 0 spiro atoms. The maximum absolute atomic E-state index is 5.01. The lowest BCUT2D eigenvalue weighted by Crippen LogP contribution is -2.16. The number of rotatable bonds is 4. The van der Waals surface area contributed by atoms with E-state index in [1.807, 2.05) is 12.1 Å². The third-order valence-corrected chi connectivity index (χ3v) is 1.53. The highest BCUT2D eigenvalue weighted by Crippen LogP contribution is 2.00. The molecule has 0 radical (unpaired) electrons. The molecule has 1 aromatic heterocycles. The summed E-state index contributed by atoms with van der Waals surface area (Å²) in [6, 6.07) is 3.72. The smallest absolute Gasteiger partial charge is 0.162 e. The van der Waals surface area contributed by atoms with Gasteiger partial charge < -0.3 is 9.47 Å². The zero-order valence-corrected chi connectivity index (χ0v) is 7.23. The first-order chi connectivity index (χ1) is 5.86. The number of aromatic nitrogens is 2. The van der Waals surface area contributed by atoms with Gasteiger partial charge >= 0.3 is 0 Å². The molecule has 0 aromatic carbocycles. The number of ether oxygens (including phenoxy) is 2. The van der Waals surface area contributed by atoms with Crippen LogP contribution in [0.3, 0.4) is 0 Å². The van der Waals surface area contributed by atoms with Crippen LogP contribution in [0.5, 0.6) is 0 Å². The Morgan fingerprint density at radius 2 is 2.17 bits per heavy atom. The summed E-state index contributed by atoms with van der Waals surface area (Å²) >= 11 is 0. The summed E-state index contributed by atoms with van der Waals surface area (Å²) in [4.78, 5) is 0. The van der Waals surface area contributed by atoms with E-state index in [4.69, 9.17) is 9.47 Å².